The first-order chi connectivity index (χ1) is 11.5. The highest BCUT2D eigenvalue weighted by Crippen LogP contribution is 2.19. The number of carbonyl (C=O) groups is 2. The number of amides is 1. The minimum atomic E-state index is -0.457. The van der Waals surface area contributed by atoms with Crippen molar-refractivity contribution in [3.8, 4) is 0 Å². The van der Waals surface area contributed by atoms with Gasteiger partial charge in [0, 0.05) is 17.7 Å². The van der Waals surface area contributed by atoms with E-state index in [4.69, 9.17) is 16.3 Å². The van der Waals surface area contributed by atoms with Gasteiger partial charge in [-0.1, -0.05) is 11.6 Å². The molecule has 2 heterocycles. The van der Waals surface area contributed by atoms with Crippen LogP contribution in [0.5, 0.6) is 0 Å². The molecule has 0 saturated carbocycles. The summed E-state index contributed by atoms with van der Waals surface area (Å²) in [5.74, 6) is -0.654. The number of nitrogens with zero attached hydrogens (tertiary/aromatic N) is 2. The van der Waals surface area contributed by atoms with E-state index in [9.17, 15) is 9.59 Å². The number of thiazole rings is 1. The molecule has 0 aliphatic heterocycles. The molecule has 0 spiro atoms. The van der Waals surface area contributed by atoms with Crippen molar-refractivity contribution in [2.75, 3.05) is 5.32 Å². The maximum Gasteiger partial charge on any atom is 0.338 e. The van der Waals surface area contributed by atoms with Crippen molar-refractivity contribution in [2.45, 2.75) is 13.5 Å². The SMILES string of the molecule is CC(=O)Nc1nc(COC(=O)c2ccc3nc(Cl)ccc3c2)cs1. The van der Waals surface area contributed by atoms with Crippen molar-refractivity contribution in [1.82, 2.24) is 9.97 Å². The Hall–Kier alpha value is -2.51. The minimum absolute atomic E-state index is 0.0336. The summed E-state index contributed by atoms with van der Waals surface area (Å²) in [7, 11) is 0. The third-order valence-corrected chi connectivity index (χ3v) is 4.09. The van der Waals surface area contributed by atoms with Gasteiger partial charge < -0.3 is 10.1 Å². The number of hydrogen-bond donors (Lipinski definition) is 1. The average molecular weight is 362 g/mol. The molecular weight excluding hydrogens is 350 g/mol. The Morgan fingerprint density at radius 2 is 2.08 bits per heavy atom. The number of nitrogens with one attached hydrogen (secondary N) is 1. The van der Waals surface area contributed by atoms with Crippen LogP contribution >= 0.6 is 22.9 Å². The highest BCUT2D eigenvalue weighted by Gasteiger charge is 2.11. The Morgan fingerprint density at radius 3 is 2.88 bits per heavy atom. The highest BCUT2D eigenvalue weighted by atomic mass is 35.5. The van der Waals surface area contributed by atoms with E-state index in [0.717, 1.165) is 5.39 Å². The molecule has 3 rings (SSSR count). The molecule has 1 amide bonds. The Bertz CT molecular complexity index is 926. The summed E-state index contributed by atoms with van der Waals surface area (Å²) >= 11 is 7.11. The van der Waals surface area contributed by atoms with Crippen molar-refractivity contribution >= 4 is 50.8 Å². The monoisotopic (exact) mass is 361 g/mol. The number of halogens is 1. The normalized spacial score (nSPS) is 10.6. The first-order valence-corrected chi connectivity index (χ1v) is 8.22. The van der Waals surface area contributed by atoms with Crippen LogP contribution in [-0.2, 0) is 16.1 Å². The number of fused-ring (bicyclic) bond motifs is 1. The van der Waals surface area contributed by atoms with Crippen LogP contribution < -0.4 is 5.32 Å². The Morgan fingerprint density at radius 1 is 1.25 bits per heavy atom. The van der Waals surface area contributed by atoms with Crippen LogP contribution in [0.1, 0.15) is 23.0 Å². The van der Waals surface area contributed by atoms with E-state index >= 15 is 0 Å². The molecule has 3 aromatic rings. The van der Waals surface area contributed by atoms with Crippen molar-refractivity contribution < 1.29 is 14.3 Å². The van der Waals surface area contributed by atoms with Crippen LogP contribution in [0.25, 0.3) is 10.9 Å². The largest absolute Gasteiger partial charge is 0.456 e. The lowest BCUT2D eigenvalue weighted by Gasteiger charge is -2.04. The topological polar surface area (TPSA) is 81.2 Å². The molecule has 0 fully saturated rings. The molecule has 8 heteroatoms. The predicted molar refractivity (Wildman–Crippen MR) is 92.3 cm³/mol. The van der Waals surface area contributed by atoms with Crippen molar-refractivity contribution in [3.63, 3.8) is 0 Å². The van der Waals surface area contributed by atoms with Crippen molar-refractivity contribution in [1.29, 1.82) is 0 Å². The first kappa shape index (κ1) is 16.4. The summed E-state index contributed by atoms with van der Waals surface area (Å²) in [6.07, 6.45) is 0. The number of pyridine rings is 1. The first-order valence-electron chi connectivity index (χ1n) is 6.97. The molecule has 122 valence electrons. The van der Waals surface area contributed by atoms with Gasteiger partial charge in [-0.05, 0) is 30.3 Å². The zero-order valence-corrected chi connectivity index (χ0v) is 14.1. The Kier molecular flexibility index (Phi) is 4.73. The van der Waals surface area contributed by atoms with E-state index in [1.807, 2.05) is 0 Å². The van der Waals surface area contributed by atoms with Crippen molar-refractivity contribution in [2.24, 2.45) is 0 Å². The van der Waals surface area contributed by atoms with Gasteiger partial charge in [-0.15, -0.1) is 11.3 Å². The lowest BCUT2D eigenvalue weighted by molar-refractivity contribution is -0.114. The van der Waals surface area contributed by atoms with Crippen LogP contribution in [-0.4, -0.2) is 21.8 Å². The quantitative estimate of drug-likeness (QED) is 0.566. The zero-order chi connectivity index (χ0) is 17.1. The minimum Gasteiger partial charge on any atom is -0.456 e. The molecule has 0 aliphatic carbocycles. The maximum atomic E-state index is 12.2. The molecule has 0 radical (unpaired) electrons. The maximum absolute atomic E-state index is 12.2. The summed E-state index contributed by atoms with van der Waals surface area (Å²) in [4.78, 5) is 31.4. The van der Waals surface area contributed by atoms with Crippen LogP contribution in [0.15, 0.2) is 35.7 Å². The fraction of sp³-hybridized carbons (Fsp3) is 0.125. The van der Waals surface area contributed by atoms with E-state index in [2.05, 4.69) is 15.3 Å². The molecular formula is C16H12ClN3O3S. The number of rotatable bonds is 4. The molecule has 1 aromatic carbocycles. The summed E-state index contributed by atoms with van der Waals surface area (Å²) < 4.78 is 5.25. The summed E-state index contributed by atoms with van der Waals surface area (Å²) in [5, 5.41) is 5.98. The smallest absolute Gasteiger partial charge is 0.338 e. The number of aromatic nitrogens is 2. The third-order valence-electron chi connectivity index (χ3n) is 3.08. The number of carbonyl (C=O) groups excluding carboxylic acids is 2. The molecule has 24 heavy (non-hydrogen) atoms. The van der Waals surface area contributed by atoms with Crippen LogP contribution in [0.4, 0.5) is 5.13 Å². The van der Waals surface area contributed by atoms with Crippen LogP contribution in [0.3, 0.4) is 0 Å². The van der Waals surface area contributed by atoms with E-state index in [1.165, 1.54) is 18.3 Å². The zero-order valence-electron chi connectivity index (χ0n) is 12.6. The van der Waals surface area contributed by atoms with Gasteiger partial charge in [0.2, 0.25) is 5.91 Å². The molecule has 2 aromatic heterocycles. The molecule has 0 atom stereocenters. The summed E-state index contributed by atoms with van der Waals surface area (Å²) in [6.45, 7) is 1.44. The van der Waals surface area contributed by atoms with Crippen molar-refractivity contribution in [3.05, 3.63) is 52.1 Å². The molecule has 0 saturated heterocycles. The van der Waals surface area contributed by atoms with Gasteiger partial charge in [-0.25, -0.2) is 14.8 Å². The third kappa shape index (κ3) is 3.87. The van der Waals surface area contributed by atoms with Gasteiger partial charge in [-0.2, -0.15) is 0 Å². The van der Waals surface area contributed by atoms with Crippen LogP contribution in [0.2, 0.25) is 5.15 Å². The molecule has 6 nitrogen and oxygen atoms in total. The standard InChI is InChI=1S/C16H12ClN3O3S/c1-9(21)18-16-19-12(8-24-16)7-23-15(22)11-2-4-13-10(6-11)3-5-14(17)20-13/h2-6,8H,7H2,1H3,(H,18,19,21). The Balaban J connectivity index is 1.67. The Labute approximate surface area is 146 Å². The van der Waals surface area contributed by atoms with Gasteiger partial charge in [0.15, 0.2) is 5.13 Å². The lowest BCUT2D eigenvalue weighted by Crippen LogP contribution is -2.07. The average Bonchev–Trinajstić information content (AvgIpc) is 2.98. The molecule has 0 unspecified atom stereocenters. The molecule has 1 N–H and O–H groups in total. The van der Waals surface area contributed by atoms with Crippen LogP contribution in [0, 0.1) is 0 Å². The predicted octanol–water partition coefficient (Wildman–Crippen LogP) is 3.66. The molecule has 0 aliphatic rings. The van der Waals surface area contributed by atoms with Gasteiger partial charge in [-0.3, -0.25) is 4.79 Å². The summed E-state index contributed by atoms with van der Waals surface area (Å²) in [5.41, 5.74) is 1.70. The van der Waals surface area contributed by atoms with Gasteiger partial charge in [0.05, 0.1) is 16.8 Å². The number of ether oxygens (including phenoxy) is 1. The van der Waals surface area contributed by atoms with E-state index < -0.39 is 5.97 Å². The fourth-order valence-corrected chi connectivity index (χ4v) is 2.93. The number of hydrogen-bond acceptors (Lipinski definition) is 6. The lowest BCUT2D eigenvalue weighted by atomic mass is 10.1. The number of esters is 1. The van der Waals surface area contributed by atoms with E-state index in [1.54, 1.807) is 35.7 Å². The second-order valence-electron chi connectivity index (χ2n) is 4.94. The van der Waals surface area contributed by atoms with Gasteiger partial charge >= 0.3 is 5.97 Å². The van der Waals surface area contributed by atoms with Gasteiger partial charge in [0.1, 0.15) is 11.8 Å². The van der Waals surface area contributed by atoms with Gasteiger partial charge in [0.25, 0.3) is 0 Å². The fourth-order valence-electron chi connectivity index (χ4n) is 2.03. The second-order valence-corrected chi connectivity index (χ2v) is 6.19. The highest BCUT2D eigenvalue weighted by molar-refractivity contribution is 7.13. The number of benzene rings is 1. The second kappa shape index (κ2) is 6.94. The van der Waals surface area contributed by atoms with E-state index in [0.29, 0.717) is 27.1 Å². The summed E-state index contributed by atoms with van der Waals surface area (Å²) in [6, 6.07) is 8.51. The number of anilines is 1. The molecule has 0 bridgehead atoms. The van der Waals surface area contributed by atoms with E-state index in [-0.39, 0.29) is 12.5 Å².